The van der Waals surface area contributed by atoms with Gasteiger partial charge in [0.1, 0.15) is 6.61 Å². The summed E-state index contributed by atoms with van der Waals surface area (Å²) in [5.41, 5.74) is 0. The second kappa shape index (κ2) is 29.4. The second-order valence-corrected chi connectivity index (χ2v) is 1.89. The highest BCUT2D eigenvalue weighted by atomic mass is 16.4. The summed E-state index contributed by atoms with van der Waals surface area (Å²) in [6.45, 7) is 10.8. The van der Waals surface area contributed by atoms with Crippen LogP contribution in [-0.2, 0) is 9.59 Å². The zero-order chi connectivity index (χ0) is 13.3. The topological polar surface area (TPSA) is 94.8 Å². The molecule has 0 bridgehead atoms. The summed E-state index contributed by atoms with van der Waals surface area (Å²) >= 11 is 0. The molecule has 0 aliphatic carbocycles. The van der Waals surface area contributed by atoms with E-state index in [2.05, 4.69) is 13.2 Å². The minimum atomic E-state index is -1.19. The molecular weight excluding hydrogens is 200 g/mol. The lowest BCUT2D eigenvalue weighted by atomic mass is 10.8. The number of allylic oxidation sites excluding steroid dienone is 2. The molecule has 0 unspecified atom stereocenters. The highest BCUT2D eigenvalue weighted by Gasteiger charge is 1.82. The number of aliphatic carboxylic acids is 2. The van der Waals surface area contributed by atoms with Crippen LogP contribution in [0.2, 0.25) is 0 Å². The van der Waals surface area contributed by atoms with Crippen molar-refractivity contribution in [1.82, 2.24) is 0 Å². The summed E-state index contributed by atoms with van der Waals surface area (Å²) < 4.78 is 0. The van der Waals surface area contributed by atoms with E-state index in [1.165, 1.54) is 0 Å². The molecule has 0 aromatic carbocycles. The highest BCUT2D eigenvalue weighted by Crippen LogP contribution is 1.49. The third-order valence-electron chi connectivity index (χ3n) is 0.135. The van der Waals surface area contributed by atoms with E-state index < -0.39 is 18.5 Å². The molecule has 3 N–H and O–H groups in total. The van der Waals surface area contributed by atoms with Crippen molar-refractivity contribution < 1.29 is 24.9 Å². The molecule has 0 heterocycles. The molecule has 5 heteroatoms. The Morgan fingerprint density at radius 3 is 1.20 bits per heavy atom. The van der Waals surface area contributed by atoms with Crippen LogP contribution >= 0.6 is 0 Å². The van der Waals surface area contributed by atoms with E-state index in [-0.39, 0.29) is 0 Å². The van der Waals surface area contributed by atoms with E-state index >= 15 is 0 Å². The van der Waals surface area contributed by atoms with Gasteiger partial charge in [-0.1, -0.05) is 12.2 Å². The van der Waals surface area contributed by atoms with Crippen LogP contribution in [0.25, 0.3) is 0 Å². The van der Waals surface area contributed by atoms with Gasteiger partial charge < -0.3 is 15.3 Å². The second-order valence-electron chi connectivity index (χ2n) is 1.89. The molecule has 0 saturated heterocycles. The van der Waals surface area contributed by atoms with E-state index in [0.717, 1.165) is 6.92 Å². The van der Waals surface area contributed by atoms with Crippen LogP contribution in [0, 0.1) is 0 Å². The average Bonchev–Trinajstić information content (AvgIpc) is 2.06. The van der Waals surface area contributed by atoms with Crippen LogP contribution in [0.4, 0.5) is 0 Å². The molecule has 0 amide bonds. The summed E-state index contributed by atoms with van der Waals surface area (Å²) in [4.78, 5) is 18.1. The van der Waals surface area contributed by atoms with Gasteiger partial charge in [0.2, 0.25) is 0 Å². The van der Waals surface area contributed by atoms with Crippen molar-refractivity contribution in [2.45, 2.75) is 20.8 Å². The van der Waals surface area contributed by atoms with E-state index in [4.69, 9.17) is 24.9 Å². The van der Waals surface area contributed by atoms with Crippen LogP contribution in [0.15, 0.2) is 25.3 Å². The van der Waals surface area contributed by atoms with Crippen molar-refractivity contribution in [1.29, 1.82) is 0 Å². The first-order valence-electron chi connectivity index (χ1n) is 4.00. The zero-order valence-electron chi connectivity index (χ0n) is 9.43. The molecule has 0 fully saturated rings. The first-order valence-corrected chi connectivity index (χ1v) is 4.00. The largest absolute Gasteiger partial charge is 0.481 e. The summed E-state index contributed by atoms with van der Waals surface area (Å²) in [5.74, 6) is -2.02. The third kappa shape index (κ3) is 9240. The average molecular weight is 220 g/mol. The standard InChI is InChI=1S/2C3H6.C2H4O3.C2H4O2/c2*1-3-2;3-1-2(4)5;1-2(3)4/h2*3H,1H2,2H3;3H,1H2,(H,4,5);1H3,(H,3,4). The molecule has 15 heavy (non-hydrogen) atoms. The fourth-order valence-electron chi connectivity index (χ4n) is 0. The maximum Gasteiger partial charge on any atom is 0.329 e. The maximum atomic E-state index is 9.12. The van der Waals surface area contributed by atoms with Crippen LogP contribution in [-0.4, -0.2) is 33.9 Å². The lowest BCUT2D eigenvalue weighted by Gasteiger charge is -1.72. The van der Waals surface area contributed by atoms with E-state index in [1.54, 1.807) is 12.2 Å². The Balaban J connectivity index is -0.0000000553. The first-order chi connectivity index (χ1) is 6.83. The molecule has 5 nitrogen and oxygen atoms in total. The van der Waals surface area contributed by atoms with Crippen molar-refractivity contribution in [3.05, 3.63) is 25.3 Å². The van der Waals surface area contributed by atoms with Crippen LogP contribution in [0.1, 0.15) is 20.8 Å². The smallest absolute Gasteiger partial charge is 0.329 e. The fourth-order valence-corrected chi connectivity index (χ4v) is 0. The van der Waals surface area contributed by atoms with Gasteiger partial charge in [0.25, 0.3) is 5.97 Å². The predicted octanol–water partition coefficient (Wildman–Crippen LogP) is 1.54. The number of hydrogen-bond donors (Lipinski definition) is 3. The fraction of sp³-hybridized carbons (Fsp3) is 0.400. The van der Waals surface area contributed by atoms with Gasteiger partial charge in [-0.15, -0.1) is 13.2 Å². The molecule has 0 aromatic heterocycles. The third-order valence-corrected chi connectivity index (χ3v) is 0.135. The number of carbonyl (C=O) groups is 2. The summed E-state index contributed by atoms with van der Waals surface area (Å²) in [6, 6.07) is 0. The summed E-state index contributed by atoms with van der Waals surface area (Å²) in [5, 5.41) is 22.4. The molecule has 0 spiro atoms. The molecule has 0 atom stereocenters. The van der Waals surface area contributed by atoms with Crippen molar-refractivity contribution in [2.24, 2.45) is 0 Å². The van der Waals surface area contributed by atoms with Crippen molar-refractivity contribution in [3.63, 3.8) is 0 Å². The Kier molecular flexibility index (Phi) is 45.7. The number of aliphatic hydroxyl groups is 1. The molecule has 0 aliphatic rings. The summed E-state index contributed by atoms with van der Waals surface area (Å²) in [6.07, 6.45) is 3.50. The Morgan fingerprint density at radius 1 is 1.13 bits per heavy atom. The van der Waals surface area contributed by atoms with Crippen molar-refractivity contribution in [2.75, 3.05) is 6.61 Å². The monoisotopic (exact) mass is 220 g/mol. The highest BCUT2D eigenvalue weighted by molar-refractivity contribution is 5.67. The van der Waals surface area contributed by atoms with Gasteiger partial charge in [-0.05, 0) is 13.8 Å². The number of aliphatic hydroxyl groups excluding tert-OH is 1. The first kappa shape index (κ1) is 23.3. The number of carboxylic acids is 2. The van der Waals surface area contributed by atoms with Crippen LogP contribution in [0.3, 0.4) is 0 Å². The molecule has 0 saturated carbocycles. The molecule has 0 aliphatic heterocycles. The molecular formula is C10H20O5. The quantitative estimate of drug-likeness (QED) is 0.582. The van der Waals surface area contributed by atoms with Crippen LogP contribution in [0.5, 0.6) is 0 Å². The van der Waals surface area contributed by atoms with E-state index in [1.807, 2.05) is 13.8 Å². The molecule has 0 rings (SSSR count). The van der Waals surface area contributed by atoms with Gasteiger partial charge in [0.05, 0.1) is 0 Å². The van der Waals surface area contributed by atoms with Gasteiger partial charge in [-0.25, -0.2) is 4.79 Å². The maximum absolute atomic E-state index is 9.12. The van der Waals surface area contributed by atoms with Crippen molar-refractivity contribution >= 4 is 11.9 Å². The van der Waals surface area contributed by atoms with Gasteiger partial charge in [0, 0.05) is 6.92 Å². The van der Waals surface area contributed by atoms with E-state index in [0.29, 0.717) is 0 Å². The van der Waals surface area contributed by atoms with Gasteiger partial charge >= 0.3 is 5.97 Å². The SMILES string of the molecule is C=CC.C=CC.CC(=O)O.O=C(O)CO. The normalized spacial score (nSPS) is 5.87. The minimum absolute atomic E-state index is 0.778. The minimum Gasteiger partial charge on any atom is -0.481 e. The van der Waals surface area contributed by atoms with Crippen LogP contribution < -0.4 is 0 Å². The Bertz CT molecular complexity index is 153. The van der Waals surface area contributed by atoms with E-state index in [9.17, 15) is 0 Å². The lowest BCUT2D eigenvalue weighted by Crippen LogP contribution is -1.98. The number of carboxylic acid groups (broad SMARTS) is 2. The Morgan fingerprint density at radius 2 is 1.20 bits per heavy atom. The summed E-state index contributed by atoms with van der Waals surface area (Å²) in [7, 11) is 0. The molecule has 0 radical (unpaired) electrons. The Labute approximate surface area is 90.4 Å². The van der Waals surface area contributed by atoms with Gasteiger partial charge in [-0.3, -0.25) is 4.79 Å². The van der Waals surface area contributed by atoms with Gasteiger partial charge in [-0.2, -0.15) is 0 Å². The molecule has 90 valence electrons. The number of rotatable bonds is 1. The predicted molar refractivity (Wildman–Crippen MR) is 59.8 cm³/mol. The Hall–Kier alpha value is -1.62. The van der Waals surface area contributed by atoms with Gasteiger partial charge in [0.15, 0.2) is 0 Å². The van der Waals surface area contributed by atoms with Crippen molar-refractivity contribution in [3.8, 4) is 0 Å². The zero-order valence-corrected chi connectivity index (χ0v) is 9.43. The lowest BCUT2D eigenvalue weighted by molar-refractivity contribution is -0.140. The molecule has 0 aromatic rings. The number of hydrogen-bond acceptors (Lipinski definition) is 3.